The molecule has 2 aromatic rings. The number of halogens is 4. The molecule has 0 saturated carbocycles. The highest BCUT2D eigenvalue weighted by molar-refractivity contribution is 5.65. The Bertz CT molecular complexity index is 1290. The maximum Gasteiger partial charge on any atom is 0.418 e. The van der Waals surface area contributed by atoms with Crippen LogP contribution in [0.5, 0.6) is 0 Å². The van der Waals surface area contributed by atoms with Crippen molar-refractivity contribution < 1.29 is 17.6 Å². The van der Waals surface area contributed by atoms with Gasteiger partial charge >= 0.3 is 6.18 Å². The van der Waals surface area contributed by atoms with Crippen molar-refractivity contribution in [2.75, 3.05) is 55.8 Å². The van der Waals surface area contributed by atoms with Crippen LogP contribution in [-0.4, -0.2) is 77.2 Å². The fourth-order valence-electron chi connectivity index (χ4n) is 8.30. The molecule has 0 amide bonds. The molecule has 11 heteroatoms. The Morgan fingerprint density at radius 2 is 1.50 bits per heavy atom. The van der Waals surface area contributed by atoms with Gasteiger partial charge in [0.1, 0.15) is 0 Å². The molecule has 4 heterocycles. The van der Waals surface area contributed by atoms with Gasteiger partial charge in [0.05, 0.1) is 11.8 Å². The van der Waals surface area contributed by atoms with E-state index in [0.29, 0.717) is 13.1 Å². The third-order valence-electron chi connectivity index (χ3n) is 9.59. The lowest BCUT2D eigenvalue weighted by molar-refractivity contribution is -0.137. The molecule has 0 spiro atoms. The molecule has 5 rings (SSSR count). The van der Waals surface area contributed by atoms with Crippen molar-refractivity contribution >= 4 is 23.1 Å². The van der Waals surface area contributed by atoms with E-state index < -0.39 is 17.6 Å². The molecule has 1 aromatic carbocycles. The van der Waals surface area contributed by atoms with E-state index in [-0.39, 0.29) is 51.1 Å². The minimum Gasteiger partial charge on any atom is -0.370 e. The molecule has 0 radical (unpaired) electrons. The summed E-state index contributed by atoms with van der Waals surface area (Å²) in [6, 6.07) is 4.23. The number of benzene rings is 1. The van der Waals surface area contributed by atoms with E-state index in [9.17, 15) is 17.6 Å². The van der Waals surface area contributed by atoms with Crippen LogP contribution in [0, 0.1) is 16.6 Å². The van der Waals surface area contributed by atoms with E-state index >= 15 is 0 Å². The summed E-state index contributed by atoms with van der Waals surface area (Å²) in [4.78, 5) is 14.9. The Balaban J connectivity index is 1.38. The van der Waals surface area contributed by atoms with Crippen LogP contribution in [0.25, 0.3) is 0 Å². The van der Waals surface area contributed by atoms with E-state index in [1.807, 2.05) is 4.90 Å². The molecular weight excluding hydrogens is 546 g/mol. The quantitative estimate of drug-likeness (QED) is 0.380. The van der Waals surface area contributed by atoms with Crippen molar-refractivity contribution in [1.29, 1.82) is 0 Å². The molecule has 2 atom stereocenters. The van der Waals surface area contributed by atoms with Crippen LogP contribution in [0.15, 0.2) is 24.4 Å². The molecule has 1 aromatic heterocycles. The number of alkyl halides is 3. The van der Waals surface area contributed by atoms with Crippen molar-refractivity contribution in [3.63, 3.8) is 0 Å². The molecule has 232 valence electrons. The lowest BCUT2D eigenvalue weighted by Gasteiger charge is -2.57. The average Bonchev–Trinajstić information content (AvgIpc) is 2.81. The van der Waals surface area contributed by atoms with Gasteiger partial charge in [-0.15, -0.1) is 0 Å². The highest BCUT2D eigenvalue weighted by Gasteiger charge is 2.49. The van der Waals surface area contributed by atoms with Gasteiger partial charge < -0.3 is 20.4 Å². The van der Waals surface area contributed by atoms with Crippen LogP contribution in [0.3, 0.4) is 0 Å². The summed E-state index contributed by atoms with van der Waals surface area (Å²) in [5.41, 5.74) is -0.741. The summed E-state index contributed by atoms with van der Waals surface area (Å²) in [6.07, 6.45) is -0.956. The molecule has 2 bridgehead atoms. The Hall–Kier alpha value is -2.66. The van der Waals surface area contributed by atoms with Crippen LogP contribution in [-0.2, 0) is 6.18 Å². The number of aromatic nitrogens is 2. The van der Waals surface area contributed by atoms with Gasteiger partial charge in [-0.3, -0.25) is 4.90 Å². The first kappa shape index (κ1) is 30.8. The topological polar surface area (TPSA) is 59.6 Å². The second kappa shape index (κ2) is 10.2. The van der Waals surface area contributed by atoms with E-state index in [0.717, 1.165) is 44.6 Å². The summed E-state index contributed by atoms with van der Waals surface area (Å²) in [5.74, 6) is -0.542. The first-order valence-electron chi connectivity index (χ1n) is 14.7. The summed E-state index contributed by atoms with van der Waals surface area (Å²) >= 11 is 0. The Labute approximate surface area is 247 Å². The molecule has 3 fully saturated rings. The van der Waals surface area contributed by atoms with Crippen LogP contribution >= 0.6 is 0 Å². The zero-order valence-electron chi connectivity index (χ0n) is 26.1. The van der Waals surface area contributed by atoms with Gasteiger partial charge in [0.2, 0.25) is 5.95 Å². The lowest BCUT2D eigenvalue weighted by Crippen LogP contribution is -2.61. The van der Waals surface area contributed by atoms with Crippen molar-refractivity contribution in [3.8, 4) is 0 Å². The normalized spacial score (nSPS) is 28.5. The van der Waals surface area contributed by atoms with Gasteiger partial charge in [0, 0.05) is 54.7 Å². The van der Waals surface area contributed by atoms with Crippen molar-refractivity contribution in [2.24, 2.45) is 10.8 Å². The van der Waals surface area contributed by atoms with Gasteiger partial charge in [-0.05, 0) is 90.1 Å². The molecule has 2 N–H and O–H groups in total. The number of fused-ring (bicyclic) bond motifs is 2. The molecule has 7 nitrogen and oxygen atoms in total. The number of piperidine rings is 3. The predicted octanol–water partition coefficient (Wildman–Crippen LogP) is 6.61. The van der Waals surface area contributed by atoms with Crippen molar-refractivity contribution in [1.82, 2.24) is 19.8 Å². The van der Waals surface area contributed by atoms with Gasteiger partial charge in [-0.2, -0.15) is 18.2 Å². The molecule has 0 aliphatic carbocycles. The van der Waals surface area contributed by atoms with Gasteiger partial charge in [-0.1, -0.05) is 13.8 Å². The first-order chi connectivity index (χ1) is 19.3. The fraction of sp³-hybridized carbons (Fsp3) is 0.677. The number of rotatable bonds is 5. The van der Waals surface area contributed by atoms with Crippen LogP contribution in [0.2, 0.25) is 0 Å². The molecule has 3 saturated heterocycles. The Morgan fingerprint density at radius 3 is 2.07 bits per heavy atom. The summed E-state index contributed by atoms with van der Waals surface area (Å²) in [6.45, 7) is 15.8. The standard InChI is InChI=1S/C31H45F4N7/c1-27(2)12-21(13-28(3,4)41(27)8)37-25-23(32)14-36-26(39-25)38-20-9-10-24(22(11-20)31(33,34)35)42-18-29(5)15-30(6,19-42)17-40(7)16-29/h9-11,14,21H,12-13,15-19H2,1-8H3,(H2,36,37,38,39). The second-order valence-electron chi connectivity index (χ2n) is 15.0. The number of hydrogen-bond acceptors (Lipinski definition) is 7. The molecule has 3 aliphatic rings. The van der Waals surface area contributed by atoms with Crippen LogP contribution in [0.1, 0.15) is 66.4 Å². The lowest BCUT2D eigenvalue weighted by atomic mass is 9.65. The zero-order chi connectivity index (χ0) is 30.9. The minimum absolute atomic E-state index is 0.0294. The first-order valence-corrected chi connectivity index (χ1v) is 14.7. The fourth-order valence-corrected chi connectivity index (χ4v) is 8.30. The van der Waals surface area contributed by atoms with Crippen LogP contribution in [0.4, 0.5) is 40.7 Å². The maximum absolute atomic E-state index is 14.8. The van der Waals surface area contributed by atoms with E-state index in [4.69, 9.17) is 0 Å². The highest BCUT2D eigenvalue weighted by atomic mass is 19.4. The smallest absolute Gasteiger partial charge is 0.370 e. The van der Waals surface area contributed by atoms with Gasteiger partial charge in [0.15, 0.2) is 11.6 Å². The van der Waals surface area contributed by atoms with Gasteiger partial charge in [0.25, 0.3) is 0 Å². The third-order valence-corrected chi connectivity index (χ3v) is 9.59. The number of nitrogens with zero attached hydrogens (tertiary/aromatic N) is 5. The average molecular weight is 592 g/mol. The monoisotopic (exact) mass is 591 g/mol. The highest BCUT2D eigenvalue weighted by Crippen LogP contribution is 2.48. The van der Waals surface area contributed by atoms with Crippen LogP contribution < -0.4 is 15.5 Å². The molecule has 42 heavy (non-hydrogen) atoms. The zero-order valence-corrected chi connectivity index (χ0v) is 26.1. The molecule has 3 aliphatic heterocycles. The second-order valence-corrected chi connectivity index (χ2v) is 15.0. The third kappa shape index (κ3) is 6.18. The number of hydrogen-bond donors (Lipinski definition) is 2. The Kier molecular flexibility index (Phi) is 7.49. The van der Waals surface area contributed by atoms with Gasteiger partial charge in [-0.25, -0.2) is 9.37 Å². The number of anilines is 4. The van der Waals surface area contributed by atoms with E-state index in [2.05, 4.69) is 86.0 Å². The molecular formula is C31H45F4N7. The predicted molar refractivity (Wildman–Crippen MR) is 160 cm³/mol. The minimum atomic E-state index is -4.55. The van der Waals surface area contributed by atoms with Crippen molar-refractivity contribution in [3.05, 3.63) is 35.8 Å². The number of likely N-dealkylation sites (tertiary alicyclic amines) is 2. The van der Waals surface area contributed by atoms with E-state index in [1.54, 1.807) is 6.07 Å². The largest absolute Gasteiger partial charge is 0.418 e. The van der Waals surface area contributed by atoms with Crippen molar-refractivity contribution in [2.45, 2.75) is 84.1 Å². The summed E-state index contributed by atoms with van der Waals surface area (Å²) < 4.78 is 58.1. The number of nitrogens with one attached hydrogen (secondary N) is 2. The molecule has 2 unspecified atom stereocenters. The maximum atomic E-state index is 14.8. The SMILES string of the molecule is CN1CC2(C)CN(c3ccc(Nc4ncc(F)c(NC5CC(C)(C)N(C)C(C)(C)C5)n4)cc3C(F)(F)F)CC(C)(C1)C2. The van der Waals surface area contributed by atoms with E-state index in [1.165, 1.54) is 6.07 Å². The Morgan fingerprint density at radius 1 is 0.905 bits per heavy atom. The summed E-state index contributed by atoms with van der Waals surface area (Å²) in [7, 11) is 4.18. The summed E-state index contributed by atoms with van der Waals surface area (Å²) in [5, 5.41) is 6.13.